The van der Waals surface area contributed by atoms with Gasteiger partial charge in [0, 0.05) is 22.6 Å². The summed E-state index contributed by atoms with van der Waals surface area (Å²) in [5, 5.41) is 8.39. The zero-order valence-corrected chi connectivity index (χ0v) is 16.9. The molecule has 0 saturated carbocycles. The van der Waals surface area contributed by atoms with E-state index in [1.807, 2.05) is 38.3 Å². The predicted octanol–water partition coefficient (Wildman–Crippen LogP) is 4.62. The lowest BCUT2D eigenvalue weighted by Crippen LogP contribution is -2.06. The SMILES string of the molecule is CSCc1nnc(SCC(=O)c2cc(C)n(-c3ccccc3C)c2C)o1. The van der Waals surface area contributed by atoms with Crippen LogP contribution in [0.15, 0.2) is 40.0 Å². The van der Waals surface area contributed by atoms with Gasteiger partial charge in [-0.2, -0.15) is 11.8 Å². The zero-order valence-electron chi connectivity index (χ0n) is 15.3. The van der Waals surface area contributed by atoms with Gasteiger partial charge in [0.15, 0.2) is 5.78 Å². The van der Waals surface area contributed by atoms with Crippen molar-refractivity contribution in [2.24, 2.45) is 0 Å². The molecule has 0 spiro atoms. The van der Waals surface area contributed by atoms with Crippen molar-refractivity contribution >= 4 is 29.3 Å². The van der Waals surface area contributed by atoms with Crippen molar-refractivity contribution < 1.29 is 9.21 Å². The number of para-hydroxylation sites is 1. The summed E-state index contributed by atoms with van der Waals surface area (Å²) in [7, 11) is 0. The molecule has 136 valence electrons. The highest BCUT2D eigenvalue weighted by Crippen LogP contribution is 2.25. The molecule has 0 atom stereocenters. The summed E-state index contributed by atoms with van der Waals surface area (Å²) in [6, 6.07) is 10.1. The fraction of sp³-hybridized carbons (Fsp3) is 0.316. The lowest BCUT2D eigenvalue weighted by molar-refractivity contribution is 0.102. The maximum absolute atomic E-state index is 12.7. The molecule has 1 aromatic carbocycles. The molecule has 0 N–H and O–H groups in total. The maximum Gasteiger partial charge on any atom is 0.277 e. The van der Waals surface area contributed by atoms with Gasteiger partial charge in [-0.25, -0.2) is 0 Å². The van der Waals surface area contributed by atoms with E-state index in [1.165, 1.54) is 17.3 Å². The molecule has 2 aromatic heterocycles. The van der Waals surface area contributed by atoms with Crippen molar-refractivity contribution in [2.75, 3.05) is 12.0 Å². The van der Waals surface area contributed by atoms with Crippen LogP contribution >= 0.6 is 23.5 Å². The van der Waals surface area contributed by atoms with E-state index in [-0.39, 0.29) is 11.5 Å². The van der Waals surface area contributed by atoms with Gasteiger partial charge in [0.25, 0.3) is 5.22 Å². The zero-order chi connectivity index (χ0) is 18.7. The number of thioether (sulfide) groups is 2. The van der Waals surface area contributed by atoms with Gasteiger partial charge in [0.2, 0.25) is 5.89 Å². The van der Waals surface area contributed by atoms with Crippen molar-refractivity contribution in [1.29, 1.82) is 0 Å². The van der Waals surface area contributed by atoms with Crippen LogP contribution in [0.2, 0.25) is 0 Å². The lowest BCUT2D eigenvalue weighted by atomic mass is 10.1. The third kappa shape index (κ3) is 3.88. The van der Waals surface area contributed by atoms with Crippen LogP contribution in [0.25, 0.3) is 5.69 Å². The van der Waals surface area contributed by atoms with Gasteiger partial charge in [0.05, 0.1) is 11.5 Å². The molecular formula is C19H21N3O2S2. The number of hydrogen-bond donors (Lipinski definition) is 0. The monoisotopic (exact) mass is 387 g/mol. The first-order valence-electron chi connectivity index (χ1n) is 8.23. The smallest absolute Gasteiger partial charge is 0.277 e. The molecule has 3 aromatic rings. The Morgan fingerprint density at radius 3 is 2.69 bits per heavy atom. The Hall–Kier alpha value is -1.99. The van der Waals surface area contributed by atoms with E-state index >= 15 is 0 Å². The first kappa shape index (κ1) is 18.8. The first-order chi connectivity index (χ1) is 12.5. The normalized spacial score (nSPS) is 11.1. The second kappa shape index (κ2) is 8.14. The van der Waals surface area contributed by atoms with E-state index in [0.717, 1.165) is 22.6 Å². The number of ketones is 1. The summed E-state index contributed by atoms with van der Waals surface area (Å²) < 4.78 is 7.65. The number of hydrogen-bond acceptors (Lipinski definition) is 6. The molecule has 0 unspecified atom stereocenters. The van der Waals surface area contributed by atoms with Crippen LogP contribution in [0.1, 0.15) is 33.2 Å². The number of carbonyl (C=O) groups is 1. The number of benzene rings is 1. The summed E-state index contributed by atoms with van der Waals surface area (Å²) in [6.45, 7) is 6.09. The predicted molar refractivity (Wildman–Crippen MR) is 107 cm³/mol. The van der Waals surface area contributed by atoms with Gasteiger partial charge in [-0.05, 0) is 44.7 Å². The third-order valence-corrected chi connectivity index (χ3v) is 5.48. The molecule has 0 amide bonds. The van der Waals surface area contributed by atoms with E-state index in [9.17, 15) is 4.79 Å². The highest BCUT2D eigenvalue weighted by molar-refractivity contribution is 7.99. The van der Waals surface area contributed by atoms with Crippen molar-refractivity contribution in [3.63, 3.8) is 0 Å². The van der Waals surface area contributed by atoms with Crippen LogP contribution in [0, 0.1) is 20.8 Å². The van der Waals surface area contributed by atoms with Gasteiger partial charge < -0.3 is 8.98 Å². The number of aromatic nitrogens is 3. The van der Waals surface area contributed by atoms with Crippen LogP contribution in [-0.4, -0.2) is 32.6 Å². The standard InChI is InChI=1S/C19H21N3O2S2/c1-12-7-5-6-8-16(12)22-13(2)9-15(14(22)3)17(23)10-26-19-21-20-18(24-19)11-25-4/h5-9H,10-11H2,1-4H3. The number of aryl methyl sites for hydroxylation is 2. The second-order valence-electron chi connectivity index (χ2n) is 6.01. The largest absolute Gasteiger partial charge is 0.415 e. The first-order valence-corrected chi connectivity index (χ1v) is 10.6. The van der Waals surface area contributed by atoms with Crippen LogP contribution in [0.4, 0.5) is 0 Å². The topological polar surface area (TPSA) is 60.9 Å². The Morgan fingerprint density at radius 1 is 1.19 bits per heavy atom. The minimum atomic E-state index is 0.0625. The highest BCUT2D eigenvalue weighted by Gasteiger charge is 2.18. The summed E-state index contributed by atoms with van der Waals surface area (Å²) >= 11 is 2.90. The molecule has 2 heterocycles. The van der Waals surface area contributed by atoms with Gasteiger partial charge in [-0.1, -0.05) is 30.0 Å². The Labute approximate surface area is 161 Å². The number of nitrogens with zero attached hydrogens (tertiary/aromatic N) is 3. The van der Waals surface area contributed by atoms with E-state index in [1.54, 1.807) is 11.8 Å². The fourth-order valence-electron chi connectivity index (χ4n) is 2.91. The number of Topliss-reactive ketones (excluding diaryl/α,β-unsaturated/α-hetero) is 1. The molecular weight excluding hydrogens is 366 g/mol. The molecule has 0 fully saturated rings. The van der Waals surface area contributed by atoms with Crippen molar-refractivity contribution in [2.45, 2.75) is 31.7 Å². The molecule has 0 bridgehead atoms. The number of carbonyl (C=O) groups excluding carboxylic acids is 1. The van der Waals surface area contributed by atoms with Gasteiger partial charge in [0.1, 0.15) is 0 Å². The molecule has 0 radical (unpaired) electrons. The Bertz CT molecular complexity index is 931. The van der Waals surface area contributed by atoms with Crippen LogP contribution < -0.4 is 0 Å². The fourth-order valence-corrected chi connectivity index (χ4v) is 3.94. The average molecular weight is 388 g/mol. The highest BCUT2D eigenvalue weighted by atomic mass is 32.2. The molecule has 0 aliphatic carbocycles. The molecule has 5 nitrogen and oxygen atoms in total. The van der Waals surface area contributed by atoms with E-state index in [4.69, 9.17) is 4.42 Å². The maximum atomic E-state index is 12.7. The summed E-state index contributed by atoms with van der Waals surface area (Å²) in [5.41, 5.74) is 5.02. The lowest BCUT2D eigenvalue weighted by Gasteiger charge is -2.12. The van der Waals surface area contributed by atoms with E-state index < -0.39 is 0 Å². The summed E-state index contributed by atoms with van der Waals surface area (Å²) in [5.74, 6) is 1.61. The van der Waals surface area contributed by atoms with Gasteiger partial charge in [-0.15, -0.1) is 10.2 Å². The van der Waals surface area contributed by atoms with Crippen molar-refractivity contribution in [3.8, 4) is 5.69 Å². The minimum Gasteiger partial charge on any atom is -0.415 e. The van der Waals surface area contributed by atoms with Gasteiger partial charge in [-0.3, -0.25) is 4.79 Å². The molecule has 0 aliphatic heterocycles. The molecule has 0 aliphatic rings. The second-order valence-corrected chi connectivity index (χ2v) is 7.81. The average Bonchev–Trinajstić information content (AvgIpc) is 3.18. The Balaban J connectivity index is 1.78. The molecule has 0 saturated heterocycles. The molecule has 7 heteroatoms. The summed E-state index contributed by atoms with van der Waals surface area (Å²) in [4.78, 5) is 12.7. The van der Waals surface area contributed by atoms with E-state index in [0.29, 0.717) is 16.9 Å². The minimum absolute atomic E-state index is 0.0625. The van der Waals surface area contributed by atoms with Gasteiger partial charge >= 0.3 is 0 Å². The number of rotatable bonds is 7. The molecule has 3 rings (SSSR count). The quantitative estimate of drug-likeness (QED) is 0.435. The Kier molecular flexibility index (Phi) is 5.88. The van der Waals surface area contributed by atoms with Crippen LogP contribution in [0.5, 0.6) is 0 Å². The van der Waals surface area contributed by atoms with Crippen molar-refractivity contribution in [1.82, 2.24) is 14.8 Å². The van der Waals surface area contributed by atoms with Crippen LogP contribution in [0.3, 0.4) is 0 Å². The van der Waals surface area contributed by atoms with Crippen LogP contribution in [-0.2, 0) is 5.75 Å². The van der Waals surface area contributed by atoms with E-state index in [2.05, 4.69) is 33.8 Å². The molecule has 26 heavy (non-hydrogen) atoms. The van der Waals surface area contributed by atoms with Crippen molar-refractivity contribution in [3.05, 3.63) is 58.7 Å². The third-order valence-electron chi connectivity index (χ3n) is 4.13. The Morgan fingerprint density at radius 2 is 1.96 bits per heavy atom. The summed E-state index contributed by atoms with van der Waals surface area (Å²) in [6.07, 6.45) is 1.98.